The van der Waals surface area contributed by atoms with Gasteiger partial charge in [-0.2, -0.15) is 0 Å². The van der Waals surface area contributed by atoms with Gasteiger partial charge in [0.25, 0.3) is 10.0 Å². The van der Waals surface area contributed by atoms with Crippen molar-refractivity contribution in [1.82, 2.24) is 4.90 Å². The zero-order valence-corrected chi connectivity index (χ0v) is 16.1. The lowest BCUT2D eigenvalue weighted by Gasteiger charge is -2.26. The number of amides is 1. The monoisotopic (exact) mass is 392 g/mol. The van der Waals surface area contributed by atoms with Crippen LogP contribution in [0.3, 0.4) is 0 Å². The van der Waals surface area contributed by atoms with E-state index in [1.54, 1.807) is 23.1 Å². The minimum Gasteiger partial charge on any atom is -0.341 e. The third kappa shape index (κ3) is 4.02. The molecule has 1 amide bonds. The maximum atomic E-state index is 13.2. The topological polar surface area (TPSA) is 57.7 Å². The summed E-state index contributed by atoms with van der Waals surface area (Å²) in [5.74, 6) is -0.179. The Balaban J connectivity index is 1.99. The first-order valence-electron chi connectivity index (χ1n) is 8.51. The van der Waals surface area contributed by atoms with Gasteiger partial charge in [-0.3, -0.25) is 9.10 Å². The average molecular weight is 393 g/mol. The van der Waals surface area contributed by atoms with Crippen LogP contribution in [0.1, 0.15) is 18.4 Å². The first-order valence-corrected chi connectivity index (χ1v) is 10.3. The average Bonchev–Trinajstić information content (AvgIpc) is 3.14. The molecule has 0 atom stereocenters. The normalized spacial score (nSPS) is 14.5. The first-order chi connectivity index (χ1) is 12.4. The largest absolute Gasteiger partial charge is 0.341 e. The molecule has 138 valence electrons. The molecule has 2 aromatic carbocycles. The molecule has 0 unspecified atom stereocenters. The van der Waals surface area contributed by atoms with Crippen LogP contribution >= 0.6 is 11.6 Å². The van der Waals surface area contributed by atoms with Crippen LogP contribution < -0.4 is 4.31 Å². The van der Waals surface area contributed by atoms with Crippen molar-refractivity contribution in [1.29, 1.82) is 0 Å². The van der Waals surface area contributed by atoms with E-state index in [-0.39, 0.29) is 17.3 Å². The Morgan fingerprint density at radius 3 is 2.38 bits per heavy atom. The van der Waals surface area contributed by atoms with Crippen LogP contribution in [0.5, 0.6) is 0 Å². The highest BCUT2D eigenvalue weighted by atomic mass is 35.5. The molecule has 1 aliphatic heterocycles. The van der Waals surface area contributed by atoms with Crippen LogP contribution in [0.25, 0.3) is 0 Å². The Morgan fingerprint density at radius 2 is 1.77 bits per heavy atom. The molecule has 1 fully saturated rings. The summed E-state index contributed by atoms with van der Waals surface area (Å²) in [6.45, 7) is 3.04. The summed E-state index contributed by atoms with van der Waals surface area (Å²) < 4.78 is 27.6. The number of hydrogen-bond donors (Lipinski definition) is 0. The summed E-state index contributed by atoms with van der Waals surface area (Å²) in [5, 5.41) is 0.458. The molecule has 0 bridgehead atoms. The highest BCUT2D eigenvalue weighted by molar-refractivity contribution is 7.92. The second kappa shape index (κ2) is 7.68. The van der Waals surface area contributed by atoms with Crippen molar-refractivity contribution >= 4 is 33.2 Å². The summed E-state index contributed by atoms with van der Waals surface area (Å²) in [6, 6.07) is 13.1. The number of sulfonamides is 1. The van der Waals surface area contributed by atoms with E-state index in [1.807, 2.05) is 13.0 Å². The van der Waals surface area contributed by atoms with Crippen LogP contribution in [-0.2, 0) is 14.8 Å². The van der Waals surface area contributed by atoms with Gasteiger partial charge in [-0.05, 0) is 61.7 Å². The zero-order valence-electron chi connectivity index (χ0n) is 14.6. The highest BCUT2D eigenvalue weighted by Gasteiger charge is 2.29. The summed E-state index contributed by atoms with van der Waals surface area (Å²) in [4.78, 5) is 14.5. The van der Waals surface area contributed by atoms with Gasteiger partial charge in [0.1, 0.15) is 6.54 Å². The van der Waals surface area contributed by atoms with E-state index in [1.165, 1.54) is 28.6 Å². The van der Waals surface area contributed by atoms with Gasteiger partial charge in [0.15, 0.2) is 0 Å². The molecule has 7 heteroatoms. The number of rotatable bonds is 5. The van der Waals surface area contributed by atoms with Crippen molar-refractivity contribution in [2.24, 2.45) is 0 Å². The SMILES string of the molecule is Cc1cccc(N(CC(=O)N2CCCC2)S(=O)(=O)c2ccc(Cl)cc2)c1. The molecule has 0 radical (unpaired) electrons. The fourth-order valence-corrected chi connectivity index (χ4v) is 4.55. The van der Waals surface area contributed by atoms with Crippen LogP contribution in [0, 0.1) is 6.92 Å². The van der Waals surface area contributed by atoms with E-state index in [2.05, 4.69) is 0 Å². The molecular weight excluding hydrogens is 372 g/mol. The van der Waals surface area contributed by atoms with Gasteiger partial charge in [-0.1, -0.05) is 23.7 Å². The maximum absolute atomic E-state index is 13.2. The van der Waals surface area contributed by atoms with Gasteiger partial charge in [0.05, 0.1) is 10.6 Å². The van der Waals surface area contributed by atoms with E-state index in [9.17, 15) is 13.2 Å². The molecule has 0 spiro atoms. The lowest BCUT2D eigenvalue weighted by molar-refractivity contribution is -0.128. The summed E-state index contributed by atoms with van der Waals surface area (Å²) in [7, 11) is -3.89. The van der Waals surface area contributed by atoms with Crippen molar-refractivity contribution in [2.45, 2.75) is 24.7 Å². The van der Waals surface area contributed by atoms with Gasteiger partial charge >= 0.3 is 0 Å². The third-order valence-corrected chi connectivity index (χ3v) is 6.47. The Labute approximate surface area is 159 Å². The zero-order chi connectivity index (χ0) is 18.7. The van der Waals surface area contributed by atoms with Crippen molar-refractivity contribution in [3.05, 3.63) is 59.1 Å². The molecule has 26 heavy (non-hydrogen) atoms. The van der Waals surface area contributed by atoms with E-state index in [4.69, 9.17) is 11.6 Å². The van der Waals surface area contributed by atoms with Crippen LogP contribution in [0.4, 0.5) is 5.69 Å². The van der Waals surface area contributed by atoms with Crippen LogP contribution in [0.15, 0.2) is 53.4 Å². The molecule has 5 nitrogen and oxygen atoms in total. The number of carbonyl (C=O) groups excluding carboxylic acids is 1. The Kier molecular flexibility index (Phi) is 5.53. The number of hydrogen-bond acceptors (Lipinski definition) is 3. The number of anilines is 1. The quantitative estimate of drug-likeness (QED) is 0.782. The first kappa shape index (κ1) is 18.7. The Hall–Kier alpha value is -2.05. The molecule has 0 saturated carbocycles. The van der Waals surface area contributed by atoms with Gasteiger partial charge in [-0.15, -0.1) is 0 Å². The predicted molar refractivity (Wildman–Crippen MR) is 103 cm³/mol. The number of benzene rings is 2. The number of likely N-dealkylation sites (tertiary alicyclic amines) is 1. The van der Waals surface area contributed by atoms with Crippen LogP contribution in [-0.4, -0.2) is 38.9 Å². The van der Waals surface area contributed by atoms with E-state index in [0.29, 0.717) is 23.8 Å². The summed E-state index contributed by atoms with van der Waals surface area (Å²) >= 11 is 5.88. The number of aryl methyl sites for hydroxylation is 1. The smallest absolute Gasteiger partial charge is 0.264 e. The second-order valence-corrected chi connectivity index (χ2v) is 8.69. The van der Waals surface area contributed by atoms with Crippen LogP contribution in [0.2, 0.25) is 5.02 Å². The highest BCUT2D eigenvalue weighted by Crippen LogP contribution is 2.26. The van der Waals surface area contributed by atoms with E-state index in [0.717, 1.165) is 18.4 Å². The number of halogens is 1. The molecular formula is C19H21ClN2O3S. The van der Waals surface area contributed by atoms with E-state index < -0.39 is 10.0 Å². The number of nitrogens with zero attached hydrogens (tertiary/aromatic N) is 2. The molecule has 0 aliphatic carbocycles. The van der Waals surface area contributed by atoms with Gasteiger partial charge in [0.2, 0.25) is 5.91 Å². The fraction of sp³-hybridized carbons (Fsp3) is 0.316. The van der Waals surface area contributed by atoms with Crippen molar-refractivity contribution in [2.75, 3.05) is 23.9 Å². The van der Waals surface area contributed by atoms with E-state index >= 15 is 0 Å². The molecule has 1 saturated heterocycles. The standard InChI is InChI=1S/C19H21ClN2O3S/c1-15-5-4-6-17(13-15)22(14-19(23)21-11-2-3-12-21)26(24,25)18-9-7-16(20)8-10-18/h4-10,13H,2-3,11-12,14H2,1H3. The predicted octanol–water partition coefficient (Wildman–Crippen LogP) is 3.47. The lowest BCUT2D eigenvalue weighted by atomic mass is 10.2. The third-order valence-electron chi connectivity index (χ3n) is 4.43. The van der Waals surface area contributed by atoms with Gasteiger partial charge in [-0.25, -0.2) is 8.42 Å². The number of carbonyl (C=O) groups is 1. The van der Waals surface area contributed by atoms with Crippen molar-refractivity contribution in [3.63, 3.8) is 0 Å². The lowest BCUT2D eigenvalue weighted by Crippen LogP contribution is -2.42. The van der Waals surface area contributed by atoms with Crippen molar-refractivity contribution in [3.8, 4) is 0 Å². The fourth-order valence-electron chi connectivity index (χ4n) is 3.02. The molecule has 3 rings (SSSR count). The molecule has 2 aromatic rings. The molecule has 0 aromatic heterocycles. The minimum absolute atomic E-state index is 0.109. The maximum Gasteiger partial charge on any atom is 0.264 e. The summed E-state index contributed by atoms with van der Waals surface area (Å²) in [5.41, 5.74) is 1.40. The molecule has 0 N–H and O–H groups in total. The summed E-state index contributed by atoms with van der Waals surface area (Å²) in [6.07, 6.45) is 1.92. The Morgan fingerprint density at radius 1 is 1.12 bits per heavy atom. The minimum atomic E-state index is -3.89. The Bertz CT molecular complexity index is 891. The van der Waals surface area contributed by atoms with Gasteiger partial charge in [0, 0.05) is 18.1 Å². The second-order valence-electron chi connectivity index (χ2n) is 6.39. The molecule has 1 heterocycles. The molecule has 1 aliphatic rings. The van der Waals surface area contributed by atoms with Gasteiger partial charge < -0.3 is 4.90 Å². The van der Waals surface area contributed by atoms with Crippen molar-refractivity contribution < 1.29 is 13.2 Å².